The molecule has 1 atom stereocenters. The maximum absolute atomic E-state index is 11.1. The van der Waals surface area contributed by atoms with Gasteiger partial charge in [0.1, 0.15) is 5.75 Å². The predicted octanol–water partition coefficient (Wildman–Crippen LogP) is 2.06. The highest BCUT2D eigenvalue weighted by molar-refractivity contribution is 5.87. The van der Waals surface area contributed by atoms with Crippen LogP contribution in [-0.4, -0.2) is 13.0 Å². The van der Waals surface area contributed by atoms with Gasteiger partial charge in [0, 0.05) is 0 Å². The summed E-state index contributed by atoms with van der Waals surface area (Å²) in [5.74, 6) is 0.638. The van der Waals surface area contributed by atoms with Crippen molar-refractivity contribution in [2.75, 3.05) is 7.11 Å². The van der Waals surface area contributed by atoms with E-state index in [1.165, 1.54) is 6.08 Å². The van der Waals surface area contributed by atoms with E-state index < -0.39 is 0 Å². The zero-order valence-corrected chi connectivity index (χ0v) is 8.99. The summed E-state index contributed by atoms with van der Waals surface area (Å²) in [4.78, 5) is 11.1. The quantitative estimate of drug-likeness (QED) is 0.764. The first-order valence-corrected chi connectivity index (χ1v) is 4.74. The van der Waals surface area contributed by atoms with E-state index in [-0.39, 0.29) is 11.9 Å². The van der Waals surface area contributed by atoms with Gasteiger partial charge in [0.05, 0.1) is 13.2 Å². The molecule has 15 heavy (non-hydrogen) atoms. The number of hydrogen-bond donors (Lipinski definition) is 1. The Morgan fingerprint density at radius 2 is 2.07 bits per heavy atom. The van der Waals surface area contributed by atoms with E-state index in [0.29, 0.717) is 0 Å². The van der Waals surface area contributed by atoms with Crippen molar-refractivity contribution in [3.63, 3.8) is 0 Å². The lowest BCUT2D eigenvalue weighted by atomic mass is 10.1. The van der Waals surface area contributed by atoms with Gasteiger partial charge in [0.25, 0.3) is 0 Å². The number of amides is 1. The molecule has 80 valence electrons. The molecule has 0 radical (unpaired) electrons. The van der Waals surface area contributed by atoms with Gasteiger partial charge in [-0.25, -0.2) is 0 Å². The zero-order chi connectivity index (χ0) is 11.3. The molecule has 0 saturated heterocycles. The normalized spacial score (nSPS) is 11.6. The average Bonchev–Trinajstić information content (AvgIpc) is 2.29. The number of benzene rings is 1. The van der Waals surface area contributed by atoms with Crippen LogP contribution in [-0.2, 0) is 4.79 Å². The van der Waals surface area contributed by atoms with Gasteiger partial charge in [-0.3, -0.25) is 4.79 Å². The van der Waals surface area contributed by atoms with Gasteiger partial charge >= 0.3 is 0 Å². The van der Waals surface area contributed by atoms with Crippen molar-refractivity contribution in [2.45, 2.75) is 13.0 Å². The Hall–Kier alpha value is -1.77. The van der Waals surface area contributed by atoms with E-state index in [9.17, 15) is 4.79 Å². The van der Waals surface area contributed by atoms with Crippen LogP contribution in [0.2, 0.25) is 0 Å². The van der Waals surface area contributed by atoms with Crippen LogP contribution in [0.15, 0.2) is 36.9 Å². The molecule has 0 aliphatic carbocycles. The summed E-state index contributed by atoms with van der Waals surface area (Å²) >= 11 is 0. The molecule has 0 fully saturated rings. The first kappa shape index (κ1) is 11.3. The van der Waals surface area contributed by atoms with Crippen molar-refractivity contribution in [3.8, 4) is 5.75 Å². The lowest BCUT2D eigenvalue weighted by molar-refractivity contribution is -0.117. The molecule has 0 aromatic heterocycles. The van der Waals surface area contributed by atoms with E-state index in [2.05, 4.69) is 11.9 Å². The van der Waals surface area contributed by atoms with Gasteiger partial charge < -0.3 is 10.1 Å². The van der Waals surface area contributed by atoms with Crippen LogP contribution in [0, 0.1) is 0 Å². The Labute approximate surface area is 89.8 Å². The second-order valence-electron chi connectivity index (χ2n) is 3.21. The molecule has 1 rings (SSSR count). The largest absolute Gasteiger partial charge is 0.497 e. The third kappa shape index (κ3) is 3.13. The van der Waals surface area contributed by atoms with E-state index in [0.717, 1.165) is 11.3 Å². The Morgan fingerprint density at radius 1 is 1.47 bits per heavy atom. The Balaban J connectivity index is 2.69. The minimum Gasteiger partial charge on any atom is -0.497 e. The number of methoxy groups -OCH3 is 1. The van der Waals surface area contributed by atoms with Crippen molar-refractivity contribution < 1.29 is 9.53 Å². The highest BCUT2D eigenvalue weighted by atomic mass is 16.5. The fourth-order valence-electron chi connectivity index (χ4n) is 1.25. The van der Waals surface area contributed by atoms with E-state index in [1.807, 2.05) is 31.2 Å². The molecule has 1 aromatic rings. The minimum absolute atomic E-state index is 0.0265. The Kier molecular flexibility index (Phi) is 3.92. The topological polar surface area (TPSA) is 38.3 Å². The number of rotatable bonds is 4. The van der Waals surface area contributed by atoms with Gasteiger partial charge in [-0.1, -0.05) is 18.7 Å². The Morgan fingerprint density at radius 3 is 2.53 bits per heavy atom. The molecule has 3 heteroatoms. The molecule has 0 heterocycles. The molecule has 0 aliphatic rings. The molecule has 0 unspecified atom stereocenters. The minimum atomic E-state index is -0.168. The standard InChI is InChI=1S/C12H15NO2/c1-4-12(14)13-9(2)10-5-7-11(15-3)8-6-10/h4-9H,1H2,2-3H3,(H,13,14)/t9-/m1/s1. The summed E-state index contributed by atoms with van der Waals surface area (Å²) in [5.41, 5.74) is 1.03. The number of hydrogen-bond acceptors (Lipinski definition) is 2. The number of nitrogens with one attached hydrogen (secondary N) is 1. The van der Waals surface area contributed by atoms with Crippen LogP contribution < -0.4 is 10.1 Å². The average molecular weight is 205 g/mol. The highest BCUT2D eigenvalue weighted by Crippen LogP contribution is 2.16. The molecule has 0 bridgehead atoms. The van der Waals surface area contributed by atoms with Crippen molar-refractivity contribution in [1.29, 1.82) is 0 Å². The smallest absolute Gasteiger partial charge is 0.243 e. The van der Waals surface area contributed by atoms with E-state index >= 15 is 0 Å². The van der Waals surface area contributed by atoms with Crippen LogP contribution in [0.4, 0.5) is 0 Å². The number of ether oxygens (including phenoxy) is 1. The molecule has 1 amide bonds. The molecule has 0 spiro atoms. The lowest BCUT2D eigenvalue weighted by Crippen LogP contribution is -2.24. The third-order valence-electron chi connectivity index (χ3n) is 2.16. The van der Waals surface area contributed by atoms with E-state index in [1.54, 1.807) is 7.11 Å². The first-order valence-electron chi connectivity index (χ1n) is 4.74. The summed E-state index contributed by atoms with van der Waals surface area (Å²) in [7, 11) is 1.62. The van der Waals surface area contributed by atoms with Gasteiger partial charge in [-0.2, -0.15) is 0 Å². The molecule has 0 aliphatic heterocycles. The van der Waals surface area contributed by atoms with Crippen LogP contribution in [0.1, 0.15) is 18.5 Å². The molecule has 3 nitrogen and oxygen atoms in total. The molecular formula is C12H15NO2. The van der Waals surface area contributed by atoms with Crippen molar-refractivity contribution in [2.24, 2.45) is 0 Å². The maximum Gasteiger partial charge on any atom is 0.243 e. The Bertz CT molecular complexity index is 343. The third-order valence-corrected chi connectivity index (χ3v) is 2.16. The summed E-state index contributed by atoms with van der Waals surface area (Å²) in [6.45, 7) is 5.32. The maximum atomic E-state index is 11.1. The fraction of sp³-hybridized carbons (Fsp3) is 0.250. The highest BCUT2D eigenvalue weighted by Gasteiger charge is 2.06. The van der Waals surface area contributed by atoms with Crippen molar-refractivity contribution in [3.05, 3.63) is 42.5 Å². The van der Waals surface area contributed by atoms with Crippen LogP contribution in [0.5, 0.6) is 5.75 Å². The van der Waals surface area contributed by atoms with E-state index in [4.69, 9.17) is 4.74 Å². The molecule has 0 saturated carbocycles. The molecule has 1 aromatic carbocycles. The summed E-state index contributed by atoms with van der Waals surface area (Å²) < 4.78 is 5.05. The van der Waals surface area contributed by atoms with Crippen LogP contribution in [0.25, 0.3) is 0 Å². The zero-order valence-electron chi connectivity index (χ0n) is 8.99. The van der Waals surface area contributed by atoms with Gasteiger partial charge in [-0.05, 0) is 30.7 Å². The van der Waals surface area contributed by atoms with Gasteiger partial charge in [0.2, 0.25) is 5.91 Å². The van der Waals surface area contributed by atoms with Gasteiger partial charge in [0.15, 0.2) is 0 Å². The molecular weight excluding hydrogens is 190 g/mol. The lowest BCUT2D eigenvalue weighted by Gasteiger charge is -2.13. The predicted molar refractivity (Wildman–Crippen MR) is 59.7 cm³/mol. The monoisotopic (exact) mass is 205 g/mol. The SMILES string of the molecule is C=CC(=O)N[C@H](C)c1ccc(OC)cc1. The number of carbonyl (C=O) groups excluding carboxylic acids is 1. The fourth-order valence-corrected chi connectivity index (χ4v) is 1.25. The molecule has 1 N–H and O–H groups in total. The van der Waals surface area contributed by atoms with Crippen LogP contribution >= 0.6 is 0 Å². The summed E-state index contributed by atoms with van der Waals surface area (Å²) in [5, 5.41) is 2.79. The number of carbonyl (C=O) groups is 1. The van der Waals surface area contributed by atoms with Gasteiger partial charge in [-0.15, -0.1) is 0 Å². The van der Waals surface area contributed by atoms with Crippen molar-refractivity contribution in [1.82, 2.24) is 5.32 Å². The van der Waals surface area contributed by atoms with Crippen LogP contribution in [0.3, 0.4) is 0 Å². The first-order chi connectivity index (χ1) is 7.17. The second-order valence-corrected chi connectivity index (χ2v) is 3.21. The second kappa shape index (κ2) is 5.20. The summed E-state index contributed by atoms with van der Waals surface area (Å²) in [6, 6.07) is 7.55. The summed E-state index contributed by atoms with van der Waals surface area (Å²) in [6.07, 6.45) is 1.26. The van der Waals surface area contributed by atoms with Crippen molar-refractivity contribution >= 4 is 5.91 Å².